The van der Waals surface area contributed by atoms with Gasteiger partial charge in [-0.3, -0.25) is 0 Å². The van der Waals surface area contributed by atoms with Crippen molar-refractivity contribution < 1.29 is 17.6 Å². The van der Waals surface area contributed by atoms with Crippen LogP contribution in [0.15, 0.2) is 34.1 Å². The molecular weight excluding hydrogens is 358 g/mol. The average Bonchev–Trinajstić information content (AvgIpc) is 2.77. The summed E-state index contributed by atoms with van der Waals surface area (Å²) in [6.07, 6.45) is -4.70. The van der Waals surface area contributed by atoms with Crippen molar-refractivity contribution in [1.29, 1.82) is 0 Å². The van der Waals surface area contributed by atoms with Gasteiger partial charge in [0.05, 0.1) is 15.4 Å². The quantitative estimate of drug-likeness (QED) is 0.754. The van der Waals surface area contributed by atoms with Crippen LogP contribution in [0.25, 0.3) is 0 Å². The second-order valence-electron chi connectivity index (χ2n) is 4.10. The van der Waals surface area contributed by atoms with E-state index in [0.717, 1.165) is 20.8 Å². The Kier molecular flexibility index (Phi) is 4.51. The fraction of sp³-hybridized carbons (Fsp3) is 0.231. The fourth-order valence-corrected chi connectivity index (χ4v) is 3.46. The second-order valence-corrected chi connectivity index (χ2v) is 6.60. The van der Waals surface area contributed by atoms with E-state index in [1.165, 1.54) is 17.4 Å². The number of alkyl halides is 3. The first-order valence-corrected chi connectivity index (χ1v) is 7.23. The summed E-state index contributed by atoms with van der Waals surface area (Å²) >= 11 is 4.72. The zero-order valence-corrected chi connectivity index (χ0v) is 12.7. The van der Waals surface area contributed by atoms with Gasteiger partial charge >= 0.3 is 6.18 Å². The molecule has 0 amide bonds. The third kappa shape index (κ3) is 3.21. The largest absolute Gasteiger partial charge is 0.419 e. The smallest absolute Gasteiger partial charge is 0.309 e. The maximum absolute atomic E-state index is 13.3. The minimum Gasteiger partial charge on any atom is -0.309 e. The van der Waals surface area contributed by atoms with Gasteiger partial charge in [-0.15, -0.1) is 11.3 Å². The van der Waals surface area contributed by atoms with Gasteiger partial charge in [-0.25, -0.2) is 4.39 Å². The summed E-state index contributed by atoms with van der Waals surface area (Å²) < 4.78 is 52.4. The molecule has 1 atom stereocenters. The van der Waals surface area contributed by atoms with Gasteiger partial charge in [0.1, 0.15) is 5.82 Å². The Morgan fingerprint density at radius 2 is 1.90 bits per heavy atom. The van der Waals surface area contributed by atoms with Gasteiger partial charge in [-0.1, -0.05) is 6.07 Å². The normalized spacial score (nSPS) is 13.5. The van der Waals surface area contributed by atoms with Crippen molar-refractivity contribution in [1.82, 2.24) is 5.32 Å². The van der Waals surface area contributed by atoms with E-state index in [4.69, 9.17) is 0 Å². The Morgan fingerprint density at radius 1 is 1.20 bits per heavy atom. The molecule has 0 spiro atoms. The number of hydrogen-bond donors (Lipinski definition) is 1. The van der Waals surface area contributed by atoms with Crippen LogP contribution < -0.4 is 5.32 Å². The maximum atomic E-state index is 13.3. The number of halogens is 5. The first-order chi connectivity index (χ1) is 9.32. The zero-order chi connectivity index (χ0) is 14.9. The summed E-state index contributed by atoms with van der Waals surface area (Å²) in [5.74, 6) is -1.26. The minimum atomic E-state index is -4.70. The molecule has 1 heterocycles. The number of rotatable bonds is 3. The molecular formula is C13H10BrF4NS. The zero-order valence-electron chi connectivity index (χ0n) is 10.3. The standard InChI is InChI=1S/C13H10BrF4NS/c1-19-12(10-4-5-11(14)20-10)7-2-3-9(15)8(6-7)13(16,17)18/h2-6,12,19H,1H3. The average molecular weight is 368 g/mol. The van der Waals surface area contributed by atoms with Gasteiger partial charge in [0.2, 0.25) is 0 Å². The highest BCUT2D eigenvalue weighted by Crippen LogP contribution is 2.36. The summed E-state index contributed by atoms with van der Waals surface area (Å²) in [6.45, 7) is 0. The highest BCUT2D eigenvalue weighted by atomic mass is 79.9. The third-order valence-electron chi connectivity index (χ3n) is 2.80. The molecule has 108 valence electrons. The fourth-order valence-electron chi connectivity index (χ4n) is 1.90. The van der Waals surface area contributed by atoms with Crippen LogP contribution in [0, 0.1) is 5.82 Å². The second kappa shape index (κ2) is 5.83. The summed E-state index contributed by atoms with van der Waals surface area (Å²) in [4.78, 5) is 0.846. The van der Waals surface area contributed by atoms with E-state index < -0.39 is 23.6 Å². The third-order valence-corrected chi connectivity index (χ3v) is 4.48. The molecule has 0 saturated carbocycles. The highest BCUT2D eigenvalue weighted by Gasteiger charge is 2.34. The van der Waals surface area contributed by atoms with E-state index in [1.807, 2.05) is 12.1 Å². The lowest BCUT2D eigenvalue weighted by Crippen LogP contribution is -2.18. The van der Waals surface area contributed by atoms with Crippen LogP contribution in [0.5, 0.6) is 0 Å². The van der Waals surface area contributed by atoms with Crippen LogP contribution in [0.1, 0.15) is 22.0 Å². The molecule has 1 aromatic carbocycles. The van der Waals surface area contributed by atoms with Crippen molar-refractivity contribution in [2.45, 2.75) is 12.2 Å². The monoisotopic (exact) mass is 367 g/mol. The van der Waals surface area contributed by atoms with Gasteiger partial charge in [-0.2, -0.15) is 13.2 Å². The molecule has 0 aliphatic carbocycles. The predicted octanol–water partition coefficient (Wildman–Crippen LogP) is 4.98. The van der Waals surface area contributed by atoms with Crippen molar-refractivity contribution in [3.63, 3.8) is 0 Å². The Morgan fingerprint density at radius 3 is 2.40 bits per heavy atom. The highest BCUT2D eigenvalue weighted by molar-refractivity contribution is 9.11. The molecule has 1 aromatic heterocycles. The predicted molar refractivity (Wildman–Crippen MR) is 74.3 cm³/mol. The topological polar surface area (TPSA) is 12.0 Å². The van der Waals surface area contributed by atoms with E-state index in [0.29, 0.717) is 5.56 Å². The summed E-state index contributed by atoms with van der Waals surface area (Å²) in [6, 6.07) is 6.28. The van der Waals surface area contributed by atoms with Crippen LogP contribution in [-0.2, 0) is 6.18 Å². The molecule has 0 fully saturated rings. The van der Waals surface area contributed by atoms with Gasteiger partial charge in [0.15, 0.2) is 0 Å². The molecule has 0 radical (unpaired) electrons. The Balaban J connectivity index is 2.46. The molecule has 2 rings (SSSR count). The van der Waals surface area contributed by atoms with E-state index in [2.05, 4.69) is 21.2 Å². The summed E-state index contributed by atoms with van der Waals surface area (Å²) in [5.41, 5.74) is -0.874. The Labute approximate surface area is 125 Å². The minimum absolute atomic E-state index is 0.371. The van der Waals surface area contributed by atoms with Crippen molar-refractivity contribution in [2.24, 2.45) is 0 Å². The number of nitrogens with one attached hydrogen (secondary N) is 1. The van der Waals surface area contributed by atoms with Gasteiger partial charge < -0.3 is 5.32 Å². The maximum Gasteiger partial charge on any atom is 0.419 e. The van der Waals surface area contributed by atoms with Crippen LogP contribution in [0.3, 0.4) is 0 Å². The van der Waals surface area contributed by atoms with E-state index in [1.54, 1.807) is 7.05 Å². The molecule has 0 aliphatic heterocycles. The molecule has 2 aromatic rings. The molecule has 0 bridgehead atoms. The van der Waals surface area contributed by atoms with Gasteiger partial charge in [0, 0.05) is 4.88 Å². The van der Waals surface area contributed by atoms with Crippen molar-refractivity contribution >= 4 is 27.3 Å². The van der Waals surface area contributed by atoms with Crippen LogP contribution in [0.2, 0.25) is 0 Å². The molecule has 1 nitrogen and oxygen atoms in total. The molecule has 0 saturated heterocycles. The van der Waals surface area contributed by atoms with Crippen molar-refractivity contribution in [2.75, 3.05) is 7.05 Å². The number of thiophene rings is 1. The van der Waals surface area contributed by atoms with Crippen LogP contribution in [0.4, 0.5) is 17.6 Å². The van der Waals surface area contributed by atoms with Crippen LogP contribution in [-0.4, -0.2) is 7.05 Å². The number of hydrogen-bond acceptors (Lipinski definition) is 2. The lowest BCUT2D eigenvalue weighted by molar-refractivity contribution is -0.140. The van der Waals surface area contributed by atoms with E-state index >= 15 is 0 Å². The van der Waals surface area contributed by atoms with Crippen molar-refractivity contribution in [3.05, 3.63) is 55.9 Å². The van der Waals surface area contributed by atoms with E-state index in [9.17, 15) is 17.6 Å². The number of benzene rings is 1. The Bertz CT molecular complexity index is 609. The molecule has 20 heavy (non-hydrogen) atoms. The summed E-state index contributed by atoms with van der Waals surface area (Å²) in [7, 11) is 1.65. The van der Waals surface area contributed by atoms with E-state index in [-0.39, 0.29) is 0 Å². The molecule has 1 N–H and O–H groups in total. The first kappa shape index (κ1) is 15.5. The van der Waals surface area contributed by atoms with Gasteiger partial charge in [0.25, 0.3) is 0 Å². The van der Waals surface area contributed by atoms with Crippen molar-refractivity contribution in [3.8, 4) is 0 Å². The van der Waals surface area contributed by atoms with Crippen LogP contribution >= 0.6 is 27.3 Å². The SMILES string of the molecule is CNC(c1ccc(F)c(C(F)(F)F)c1)c1ccc(Br)s1. The Hall–Kier alpha value is -0.920. The molecule has 0 aliphatic rings. The molecule has 1 unspecified atom stereocenters. The first-order valence-electron chi connectivity index (χ1n) is 5.62. The lowest BCUT2D eigenvalue weighted by Gasteiger charge is -2.17. The summed E-state index contributed by atoms with van der Waals surface area (Å²) in [5, 5.41) is 2.95. The van der Waals surface area contributed by atoms with Gasteiger partial charge in [-0.05, 0) is 52.8 Å². The molecule has 7 heteroatoms. The lowest BCUT2D eigenvalue weighted by atomic mass is 10.0.